The van der Waals surface area contributed by atoms with Crippen LogP contribution in [0.15, 0.2) is 4.99 Å². The molecule has 0 radical (unpaired) electrons. The van der Waals surface area contributed by atoms with E-state index in [2.05, 4.69) is 14.5 Å². The van der Waals surface area contributed by atoms with Gasteiger partial charge in [-0.2, -0.15) is 0 Å². The highest BCUT2D eigenvalue weighted by Crippen LogP contribution is 2.28. The Morgan fingerprint density at radius 3 is 2.15 bits per heavy atom. The van der Waals surface area contributed by atoms with Gasteiger partial charge in [0, 0.05) is 0 Å². The number of carbonyl (C=O) groups excluding carboxylic acids is 3. The average Bonchev–Trinajstić information content (AvgIpc) is 2.69. The monoisotopic (exact) mass is 302 g/mol. The van der Waals surface area contributed by atoms with Crippen molar-refractivity contribution in [3.8, 4) is 0 Å². The number of nitrogens with zero attached hydrogens (tertiary/aromatic N) is 2. The van der Waals surface area contributed by atoms with Crippen molar-refractivity contribution in [1.82, 2.24) is 4.90 Å². The molecule has 1 amide bonds. The second kappa shape index (κ2) is 5.95. The van der Waals surface area contributed by atoms with Gasteiger partial charge in [0.25, 0.3) is 0 Å². The molecule has 0 aliphatic carbocycles. The molecule has 0 saturated heterocycles. The molecule has 8 nitrogen and oxygen atoms in total. The Bertz CT molecular complexity index is 485. The number of amidine groups is 1. The molecule has 1 rings (SSSR count). The van der Waals surface area contributed by atoms with Gasteiger partial charge in [-0.3, -0.25) is 0 Å². The van der Waals surface area contributed by atoms with Crippen molar-refractivity contribution in [3.63, 3.8) is 0 Å². The molecule has 110 valence electrons. The average molecular weight is 302 g/mol. The molecule has 20 heavy (non-hydrogen) atoms. The first-order chi connectivity index (χ1) is 9.36. The number of thiocarbonyl (C=S) groups is 1. The van der Waals surface area contributed by atoms with Gasteiger partial charge < -0.3 is 14.2 Å². The number of rotatable bonds is 3. The summed E-state index contributed by atoms with van der Waals surface area (Å²) in [7, 11) is 2.15. The normalized spacial score (nSPS) is 16.5. The predicted molar refractivity (Wildman–Crippen MR) is 71.3 cm³/mol. The molecule has 9 heteroatoms. The van der Waals surface area contributed by atoms with Crippen LogP contribution in [0.3, 0.4) is 0 Å². The van der Waals surface area contributed by atoms with Crippen LogP contribution in [0.25, 0.3) is 0 Å². The van der Waals surface area contributed by atoms with E-state index in [1.165, 1.54) is 6.92 Å². The van der Waals surface area contributed by atoms with Crippen molar-refractivity contribution < 1.29 is 28.6 Å². The molecule has 1 aliphatic heterocycles. The van der Waals surface area contributed by atoms with Crippen molar-refractivity contribution in [3.05, 3.63) is 0 Å². The lowest BCUT2D eigenvalue weighted by Crippen LogP contribution is -2.55. The predicted octanol–water partition coefficient (Wildman–Crippen LogP) is 0.289. The molecule has 0 aromatic heterocycles. The number of aliphatic imine (C=N–C) groups is 1. The number of hydrogen-bond donors (Lipinski definition) is 0. The molecule has 0 spiro atoms. The lowest BCUT2D eigenvalue weighted by molar-refractivity contribution is -0.156. The quantitative estimate of drug-likeness (QED) is 0.320. The molecular formula is C11H14N2O6S. The summed E-state index contributed by atoms with van der Waals surface area (Å²) in [6.45, 7) is 3.13. The lowest BCUT2D eigenvalue weighted by Gasteiger charge is -2.22. The van der Waals surface area contributed by atoms with Crippen molar-refractivity contribution in [2.75, 3.05) is 20.8 Å². The van der Waals surface area contributed by atoms with Crippen LogP contribution < -0.4 is 0 Å². The molecule has 0 aromatic rings. The number of ether oxygens (including phenoxy) is 3. The van der Waals surface area contributed by atoms with Crippen LogP contribution >= 0.6 is 12.2 Å². The Morgan fingerprint density at radius 2 is 1.75 bits per heavy atom. The number of esters is 2. The zero-order chi connectivity index (χ0) is 15.5. The Hall–Kier alpha value is -2.03. The maximum Gasteiger partial charge on any atom is 0.420 e. The van der Waals surface area contributed by atoms with Gasteiger partial charge in [0.2, 0.25) is 0 Å². The van der Waals surface area contributed by atoms with E-state index >= 15 is 0 Å². The fourth-order valence-electron chi connectivity index (χ4n) is 1.70. The molecule has 1 heterocycles. The Labute approximate surface area is 120 Å². The number of amides is 1. The highest BCUT2D eigenvalue weighted by Gasteiger charge is 2.60. The van der Waals surface area contributed by atoms with Crippen LogP contribution in [0.5, 0.6) is 0 Å². The second-order valence-electron chi connectivity index (χ2n) is 3.69. The van der Waals surface area contributed by atoms with Gasteiger partial charge >= 0.3 is 23.6 Å². The topological polar surface area (TPSA) is 94.5 Å². The fourth-order valence-corrected chi connectivity index (χ4v) is 2.12. The first kappa shape index (κ1) is 16.0. The van der Waals surface area contributed by atoms with Gasteiger partial charge in [-0.15, -0.1) is 0 Å². The molecule has 0 aromatic carbocycles. The minimum Gasteiger partial charge on any atom is -0.466 e. The van der Waals surface area contributed by atoms with Gasteiger partial charge in [-0.05, 0) is 13.8 Å². The van der Waals surface area contributed by atoms with Crippen LogP contribution in [0.1, 0.15) is 13.8 Å². The van der Waals surface area contributed by atoms with Crippen LogP contribution in [-0.4, -0.2) is 60.1 Å². The van der Waals surface area contributed by atoms with Gasteiger partial charge in [0.05, 0.1) is 20.8 Å². The highest BCUT2D eigenvalue weighted by atomic mass is 32.1. The third-order valence-electron chi connectivity index (χ3n) is 2.58. The van der Waals surface area contributed by atoms with Gasteiger partial charge in [0.15, 0.2) is 0 Å². The van der Waals surface area contributed by atoms with E-state index in [0.29, 0.717) is 0 Å². The van der Waals surface area contributed by atoms with Crippen molar-refractivity contribution in [2.45, 2.75) is 19.4 Å². The third kappa shape index (κ3) is 2.24. The fraction of sp³-hybridized carbons (Fsp3) is 0.545. The van der Waals surface area contributed by atoms with E-state index in [1.54, 1.807) is 6.92 Å². The molecule has 0 unspecified atom stereocenters. The first-order valence-corrected chi connectivity index (χ1v) is 6.02. The highest BCUT2D eigenvalue weighted by molar-refractivity contribution is 7.80. The third-order valence-corrected chi connectivity index (χ3v) is 3.06. The summed E-state index contributed by atoms with van der Waals surface area (Å²) in [6, 6.07) is 0. The molecule has 0 atom stereocenters. The minimum absolute atomic E-state index is 0.0456. The summed E-state index contributed by atoms with van der Waals surface area (Å²) in [5.74, 6) is -2.01. The maximum absolute atomic E-state index is 11.9. The Balaban J connectivity index is 3.31. The first-order valence-electron chi connectivity index (χ1n) is 5.61. The Kier molecular flexibility index (Phi) is 4.77. The second-order valence-corrected chi connectivity index (χ2v) is 4.08. The van der Waals surface area contributed by atoms with E-state index in [-0.39, 0.29) is 17.4 Å². The van der Waals surface area contributed by atoms with E-state index in [4.69, 9.17) is 17.0 Å². The summed E-state index contributed by atoms with van der Waals surface area (Å²) in [5.41, 5.74) is -2.18. The lowest BCUT2D eigenvalue weighted by atomic mass is 10.0. The van der Waals surface area contributed by atoms with Crippen molar-refractivity contribution in [1.29, 1.82) is 0 Å². The minimum atomic E-state index is -2.18. The standard InChI is InChI=1S/C11H14N2O6S/c1-5-19-10(16)13-6(2)12-11(7(13)20,8(14)17-3)9(15)18-4/h5H2,1-4H3. The zero-order valence-corrected chi connectivity index (χ0v) is 12.3. The van der Waals surface area contributed by atoms with Crippen molar-refractivity contribution in [2.24, 2.45) is 4.99 Å². The summed E-state index contributed by atoms with van der Waals surface area (Å²) in [5, 5.41) is 0. The molecule has 0 bridgehead atoms. The van der Waals surface area contributed by atoms with Crippen LogP contribution in [0.4, 0.5) is 4.79 Å². The number of hydrogen-bond acceptors (Lipinski definition) is 8. The molecule has 0 saturated carbocycles. The van der Waals surface area contributed by atoms with E-state index in [9.17, 15) is 14.4 Å². The summed E-state index contributed by atoms with van der Waals surface area (Å²) >= 11 is 5.04. The van der Waals surface area contributed by atoms with E-state index < -0.39 is 23.6 Å². The number of carbonyl (C=O) groups is 3. The molecule has 0 N–H and O–H groups in total. The van der Waals surface area contributed by atoms with Crippen LogP contribution in [0.2, 0.25) is 0 Å². The smallest absolute Gasteiger partial charge is 0.420 e. The van der Waals surface area contributed by atoms with E-state index in [0.717, 1.165) is 19.1 Å². The van der Waals surface area contributed by atoms with E-state index in [1.807, 2.05) is 0 Å². The SMILES string of the molecule is CCOC(=O)N1C(=S)C(C(=O)OC)(C(=O)OC)N=C1C. The summed E-state index contributed by atoms with van der Waals surface area (Å²) in [4.78, 5) is 40.0. The van der Waals surface area contributed by atoms with Gasteiger partial charge in [0.1, 0.15) is 10.8 Å². The van der Waals surface area contributed by atoms with Crippen LogP contribution in [-0.2, 0) is 23.8 Å². The van der Waals surface area contributed by atoms with Gasteiger partial charge in [-0.1, -0.05) is 12.2 Å². The summed E-state index contributed by atoms with van der Waals surface area (Å²) < 4.78 is 13.9. The zero-order valence-electron chi connectivity index (χ0n) is 11.5. The molecule has 1 aliphatic rings. The van der Waals surface area contributed by atoms with Crippen molar-refractivity contribution >= 4 is 41.1 Å². The van der Waals surface area contributed by atoms with Gasteiger partial charge in [-0.25, -0.2) is 24.3 Å². The van der Waals surface area contributed by atoms with Crippen LogP contribution in [0, 0.1) is 0 Å². The summed E-state index contributed by atoms with van der Waals surface area (Å²) in [6.07, 6.45) is -0.826. The molecular weight excluding hydrogens is 288 g/mol. The molecule has 0 fully saturated rings. The largest absolute Gasteiger partial charge is 0.466 e. The number of methoxy groups -OCH3 is 2. The maximum atomic E-state index is 11.9. The Morgan fingerprint density at radius 1 is 1.25 bits per heavy atom.